The second-order valence-electron chi connectivity index (χ2n) is 7.91. The summed E-state index contributed by atoms with van der Waals surface area (Å²) in [6, 6.07) is 1.66. The van der Waals surface area contributed by atoms with Gasteiger partial charge in [0.05, 0.1) is 31.4 Å². The number of fused-ring (bicyclic) bond motifs is 1. The van der Waals surface area contributed by atoms with E-state index in [-0.39, 0.29) is 35.9 Å². The molecule has 1 aromatic rings. The Morgan fingerprint density at radius 3 is 2.86 bits per heavy atom. The van der Waals surface area contributed by atoms with Crippen LogP contribution in [0.2, 0.25) is 0 Å². The molecule has 3 fully saturated rings. The van der Waals surface area contributed by atoms with Crippen molar-refractivity contribution in [1.82, 2.24) is 4.98 Å². The van der Waals surface area contributed by atoms with E-state index in [4.69, 9.17) is 15.2 Å². The van der Waals surface area contributed by atoms with Crippen LogP contribution < -0.4 is 15.5 Å². The normalized spacial score (nSPS) is 28.3. The number of rotatable bonds is 4. The van der Waals surface area contributed by atoms with Gasteiger partial charge in [0, 0.05) is 31.1 Å². The lowest BCUT2D eigenvalue weighted by Crippen LogP contribution is -2.37. The van der Waals surface area contributed by atoms with Crippen molar-refractivity contribution in [3.05, 3.63) is 23.0 Å². The maximum atomic E-state index is 14.9. The minimum Gasteiger partial charge on any atom is -0.478 e. The number of aliphatic carboxylic acids is 1. The number of carboxylic acids is 1. The Balaban J connectivity index is 0.00000205. The van der Waals surface area contributed by atoms with Gasteiger partial charge in [0.1, 0.15) is 5.82 Å². The lowest BCUT2D eigenvalue weighted by molar-refractivity contribution is -0.148. The van der Waals surface area contributed by atoms with Crippen LogP contribution in [0.5, 0.6) is 0 Å². The molecule has 0 amide bonds. The number of nitrogens with zero attached hydrogens (tertiary/aromatic N) is 3. The van der Waals surface area contributed by atoms with Gasteiger partial charge in [0.25, 0.3) is 0 Å². The minimum absolute atomic E-state index is 0. The van der Waals surface area contributed by atoms with Gasteiger partial charge in [0.2, 0.25) is 0 Å². The van der Waals surface area contributed by atoms with Crippen molar-refractivity contribution >= 4 is 36.1 Å². The fraction of sp³-hybridized carbons (Fsp3) is 0.579. The fourth-order valence-corrected chi connectivity index (χ4v) is 4.23. The molecule has 2 saturated heterocycles. The summed E-state index contributed by atoms with van der Waals surface area (Å²) < 4.78 is 26.7. The predicted octanol–water partition coefficient (Wildman–Crippen LogP) is 1.37. The number of halogens is 2. The zero-order chi connectivity index (χ0) is 19.5. The topological polar surface area (TPSA) is 101 Å². The summed E-state index contributed by atoms with van der Waals surface area (Å²) in [5.74, 6) is -1.29. The highest BCUT2D eigenvalue weighted by atomic mass is 35.5. The molecular weight excluding hydrogens is 403 g/mol. The minimum atomic E-state index is -0.979. The summed E-state index contributed by atoms with van der Waals surface area (Å²) in [6.07, 6.45) is 4.01. The molecule has 3 N–H and O–H groups in total. The van der Waals surface area contributed by atoms with E-state index in [0.717, 1.165) is 12.8 Å². The lowest BCUT2D eigenvalue weighted by Gasteiger charge is -2.31. The quantitative estimate of drug-likeness (QED) is 0.744. The van der Waals surface area contributed by atoms with E-state index in [1.807, 2.05) is 9.80 Å². The molecule has 2 unspecified atom stereocenters. The molecule has 4 heterocycles. The molecule has 0 radical (unpaired) electrons. The van der Waals surface area contributed by atoms with E-state index < -0.39 is 17.6 Å². The van der Waals surface area contributed by atoms with Gasteiger partial charge in [-0.2, -0.15) is 0 Å². The van der Waals surface area contributed by atoms with Crippen LogP contribution in [0, 0.1) is 5.82 Å². The molecule has 3 aliphatic heterocycles. The van der Waals surface area contributed by atoms with E-state index in [2.05, 4.69) is 4.98 Å². The van der Waals surface area contributed by atoms with Crippen molar-refractivity contribution in [3.63, 3.8) is 0 Å². The molecule has 158 valence electrons. The van der Waals surface area contributed by atoms with Crippen molar-refractivity contribution in [2.75, 3.05) is 42.6 Å². The largest absolute Gasteiger partial charge is 0.478 e. The summed E-state index contributed by atoms with van der Waals surface area (Å²) in [5, 5.41) is 9.39. The molecule has 2 atom stereocenters. The number of carbonyl (C=O) groups is 1. The molecule has 1 spiro atoms. The molecule has 0 aromatic carbocycles. The van der Waals surface area contributed by atoms with Crippen LogP contribution in [-0.2, 0) is 14.3 Å². The molecule has 0 bridgehead atoms. The summed E-state index contributed by atoms with van der Waals surface area (Å²) in [4.78, 5) is 19.9. The molecule has 1 saturated carbocycles. The first kappa shape index (κ1) is 20.3. The van der Waals surface area contributed by atoms with E-state index in [0.29, 0.717) is 50.6 Å². The molecule has 8 nitrogen and oxygen atoms in total. The second kappa shape index (κ2) is 7.39. The number of carboxylic acid groups (broad SMARTS) is 1. The third-order valence-electron chi connectivity index (χ3n) is 5.84. The average molecular weight is 427 g/mol. The Morgan fingerprint density at radius 2 is 2.21 bits per heavy atom. The maximum Gasteiger partial charge on any atom is 0.333 e. The highest BCUT2D eigenvalue weighted by molar-refractivity contribution is 5.96. The third kappa shape index (κ3) is 3.56. The molecule has 4 aliphatic rings. The van der Waals surface area contributed by atoms with Crippen LogP contribution in [0.3, 0.4) is 0 Å². The maximum absolute atomic E-state index is 14.9. The zero-order valence-corrected chi connectivity index (χ0v) is 16.7. The van der Waals surface area contributed by atoms with Gasteiger partial charge >= 0.3 is 5.97 Å². The van der Waals surface area contributed by atoms with Crippen LogP contribution in [-0.4, -0.2) is 66.8 Å². The van der Waals surface area contributed by atoms with Gasteiger partial charge in [-0.3, -0.25) is 0 Å². The third-order valence-corrected chi connectivity index (χ3v) is 5.84. The van der Waals surface area contributed by atoms with Crippen molar-refractivity contribution < 1.29 is 23.8 Å². The van der Waals surface area contributed by atoms with E-state index in [1.165, 1.54) is 12.1 Å². The van der Waals surface area contributed by atoms with Gasteiger partial charge in [-0.15, -0.1) is 12.4 Å². The van der Waals surface area contributed by atoms with E-state index >= 15 is 0 Å². The highest BCUT2D eigenvalue weighted by Gasteiger charge is 2.47. The number of hydrogen-bond donors (Lipinski definition) is 2. The average Bonchev–Trinajstić information content (AvgIpc) is 3.33. The number of aromatic nitrogens is 1. The summed E-state index contributed by atoms with van der Waals surface area (Å²) >= 11 is 0. The van der Waals surface area contributed by atoms with Crippen molar-refractivity contribution in [2.45, 2.75) is 37.2 Å². The van der Waals surface area contributed by atoms with Gasteiger partial charge in [0.15, 0.2) is 17.4 Å². The van der Waals surface area contributed by atoms with Crippen LogP contribution in [0.4, 0.5) is 16.0 Å². The molecule has 5 rings (SSSR count). The molecule has 29 heavy (non-hydrogen) atoms. The molecular formula is C19H24ClFN4O4. The zero-order valence-electron chi connectivity index (χ0n) is 15.8. The van der Waals surface area contributed by atoms with Crippen LogP contribution in [0.15, 0.2) is 11.6 Å². The van der Waals surface area contributed by atoms with E-state index in [1.54, 1.807) is 0 Å². The Kier molecular flexibility index (Phi) is 5.18. The Labute approximate surface area is 173 Å². The number of hydrogen-bond acceptors (Lipinski definition) is 7. The van der Waals surface area contributed by atoms with Gasteiger partial charge < -0.3 is 30.1 Å². The van der Waals surface area contributed by atoms with Crippen LogP contribution in [0.1, 0.15) is 24.8 Å². The smallest absolute Gasteiger partial charge is 0.333 e. The first-order valence-electron chi connectivity index (χ1n) is 9.66. The fourth-order valence-electron chi connectivity index (χ4n) is 4.23. The Morgan fingerprint density at radius 1 is 1.41 bits per heavy atom. The van der Waals surface area contributed by atoms with Gasteiger partial charge in [-0.25, -0.2) is 14.2 Å². The summed E-state index contributed by atoms with van der Waals surface area (Å²) in [6.45, 7) is 2.09. The SMILES string of the molecule is Cl.NCC1COC2(CCN(c3nc4c(cc3F)C=C(C(=O)O)CN4C3CC3)C2)O1. The number of nitrogens with two attached hydrogens (primary N) is 1. The van der Waals surface area contributed by atoms with Crippen LogP contribution in [0.25, 0.3) is 6.08 Å². The number of ether oxygens (including phenoxy) is 2. The number of pyridine rings is 1. The van der Waals surface area contributed by atoms with Crippen molar-refractivity contribution in [2.24, 2.45) is 5.73 Å². The highest BCUT2D eigenvalue weighted by Crippen LogP contribution is 2.40. The monoisotopic (exact) mass is 426 g/mol. The molecule has 1 aromatic heterocycles. The summed E-state index contributed by atoms with van der Waals surface area (Å²) in [5.41, 5.74) is 6.44. The molecule has 1 aliphatic carbocycles. The first-order valence-corrected chi connectivity index (χ1v) is 9.66. The van der Waals surface area contributed by atoms with E-state index in [9.17, 15) is 14.3 Å². The predicted molar refractivity (Wildman–Crippen MR) is 107 cm³/mol. The Bertz CT molecular complexity index is 865. The van der Waals surface area contributed by atoms with Crippen LogP contribution >= 0.6 is 12.4 Å². The standard InChI is InChI=1S/C19H23FN4O4.ClH/c20-15-6-11-5-12(18(25)26)8-24(13-1-2-13)16(11)22-17(15)23-4-3-19(10-23)27-9-14(7-21)28-19;/h5-6,13-14H,1-4,7-10,21H2,(H,25,26);1H. The lowest BCUT2D eigenvalue weighted by atomic mass is 10.1. The van der Waals surface area contributed by atoms with Gasteiger partial charge in [-0.05, 0) is 25.0 Å². The van der Waals surface area contributed by atoms with Crippen molar-refractivity contribution in [3.8, 4) is 0 Å². The van der Waals surface area contributed by atoms with Gasteiger partial charge in [-0.1, -0.05) is 0 Å². The second-order valence-corrected chi connectivity index (χ2v) is 7.91. The summed E-state index contributed by atoms with van der Waals surface area (Å²) in [7, 11) is 0. The van der Waals surface area contributed by atoms with Crippen molar-refractivity contribution in [1.29, 1.82) is 0 Å². The molecule has 10 heteroatoms. The Hall–Kier alpha value is -1.94. The number of anilines is 2. The first-order chi connectivity index (χ1) is 13.5.